The van der Waals surface area contributed by atoms with Crippen LogP contribution in [0.4, 0.5) is 10.2 Å². The Kier molecular flexibility index (Phi) is 5.41. The molecule has 154 valence electrons. The van der Waals surface area contributed by atoms with Crippen molar-refractivity contribution in [2.45, 2.75) is 37.8 Å². The lowest BCUT2D eigenvalue weighted by Crippen LogP contribution is -2.48. The topological polar surface area (TPSA) is 113 Å². The highest BCUT2D eigenvalue weighted by molar-refractivity contribution is 7.88. The molecule has 1 unspecified atom stereocenters. The third-order valence-corrected chi connectivity index (χ3v) is 5.87. The number of halogens is 2. The fourth-order valence-electron chi connectivity index (χ4n) is 3.66. The van der Waals surface area contributed by atoms with Gasteiger partial charge in [-0.3, -0.25) is 0 Å². The quantitative estimate of drug-likeness (QED) is 0.564. The van der Waals surface area contributed by atoms with Gasteiger partial charge in [-0.15, -0.1) is 0 Å². The lowest BCUT2D eigenvalue weighted by molar-refractivity contribution is 0.377. The maximum Gasteiger partial charge on any atom is 0.209 e. The zero-order valence-electron chi connectivity index (χ0n) is 15.6. The van der Waals surface area contributed by atoms with Crippen LogP contribution in [0.3, 0.4) is 0 Å². The normalized spacial score (nSPS) is 20.1. The molecule has 1 aliphatic carbocycles. The Bertz CT molecular complexity index is 1150. The summed E-state index contributed by atoms with van der Waals surface area (Å²) in [4.78, 5) is 15.7. The van der Waals surface area contributed by atoms with Crippen LogP contribution in [0.5, 0.6) is 0 Å². The summed E-state index contributed by atoms with van der Waals surface area (Å²) in [6.45, 7) is 0. The number of nitrogens with one attached hydrogen (secondary N) is 3. The second-order valence-corrected chi connectivity index (χ2v) is 9.39. The standard InChI is InChI=1S/C18H20ClFN6O2S/c1-29(27,28)26-15-5-3-2-4-14(15)24-18-13(20)9-23-17(25-18)12-8-22-16-11(12)6-10(19)7-21-16/h6-9,14-15,26H,2-5H2,1H3,(H,21,22)(H,23,24,25)/t14-,15?/m0/s1. The van der Waals surface area contributed by atoms with E-state index in [9.17, 15) is 12.8 Å². The van der Waals surface area contributed by atoms with Crippen molar-refractivity contribution in [3.05, 3.63) is 35.5 Å². The number of hydrogen-bond donors (Lipinski definition) is 3. The molecule has 3 aromatic rings. The fourth-order valence-corrected chi connectivity index (χ4v) is 4.65. The summed E-state index contributed by atoms with van der Waals surface area (Å²) in [5.41, 5.74) is 1.27. The van der Waals surface area contributed by atoms with E-state index in [1.54, 1.807) is 12.3 Å². The zero-order chi connectivity index (χ0) is 20.6. The second-order valence-electron chi connectivity index (χ2n) is 7.17. The summed E-state index contributed by atoms with van der Waals surface area (Å²) in [6.07, 6.45) is 8.66. The van der Waals surface area contributed by atoms with Crippen molar-refractivity contribution in [2.24, 2.45) is 0 Å². The van der Waals surface area contributed by atoms with Gasteiger partial charge in [-0.25, -0.2) is 32.5 Å². The van der Waals surface area contributed by atoms with Gasteiger partial charge in [0, 0.05) is 35.4 Å². The Morgan fingerprint density at radius 2 is 1.97 bits per heavy atom. The number of H-pyrrole nitrogens is 1. The van der Waals surface area contributed by atoms with E-state index in [2.05, 4.69) is 30.0 Å². The van der Waals surface area contributed by atoms with E-state index in [0.717, 1.165) is 30.7 Å². The molecule has 0 amide bonds. The van der Waals surface area contributed by atoms with Crippen LogP contribution in [0.25, 0.3) is 22.4 Å². The maximum absolute atomic E-state index is 14.4. The van der Waals surface area contributed by atoms with E-state index in [1.807, 2.05) is 0 Å². The fraction of sp³-hybridized carbons (Fsp3) is 0.389. The van der Waals surface area contributed by atoms with Crippen molar-refractivity contribution in [3.63, 3.8) is 0 Å². The summed E-state index contributed by atoms with van der Waals surface area (Å²) in [5, 5.41) is 4.27. The Labute approximate surface area is 172 Å². The van der Waals surface area contributed by atoms with Gasteiger partial charge >= 0.3 is 0 Å². The molecule has 0 saturated heterocycles. The van der Waals surface area contributed by atoms with Gasteiger partial charge in [-0.1, -0.05) is 24.4 Å². The first kappa shape index (κ1) is 20.0. The Morgan fingerprint density at radius 3 is 2.72 bits per heavy atom. The Balaban J connectivity index is 1.65. The molecule has 0 spiro atoms. The van der Waals surface area contributed by atoms with Gasteiger partial charge in [0.1, 0.15) is 5.65 Å². The third-order valence-electron chi connectivity index (χ3n) is 4.94. The highest BCUT2D eigenvalue weighted by Crippen LogP contribution is 2.29. The molecule has 0 radical (unpaired) electrons. The van der Waals surface area contributed by atoms with Gasteiger partial charge in [0.2, 0.25) is 10.0 Å². The third kappa shape index (κ3) is 4.49. The summed E-state index contributed by atoms with van der Waals surface area (Å²) < 4.78 is 40.4. The molecule has 2 atom stereocenters. The number of aromatic nitrogens is 4. The van der Waals surface area contributed by atoms with Gasteiger partial charge in [-0.2, -0.15) is 0 Å². The van der Waals surface area contributed by atoms with Crippen LogP contribution in [0.1, 0.15) is 25.7 Å². The Morgan fingerprint density at radius 1 is 1.21 bits per heavy atom. The van der Waals surface area contributed by atoms with Gasteiger partial charge in [0.15, 0.2) is 17.5 Å². The molecule has 3 heterocycles. The molecule has 3 N–H and O–H groups in total. The van der Waals surface area contributed by atoms with Crippen LogP contribution in [-0.4, -0.2) is 46.7 Å². The van der Waals surface area contributed by atoms with Crippen LogP contribution < -0.4 is 10.0 Å². The first-order valence-corrected chi connectivity index (χ1v) is 11.5. The molecule has 4 rings (SSSR count). The average molecular weight is 439 g/mol. The lowest BCUT2D eigenvalue weighted by Gasteiger charge is -2.32. The molecule has 11 heteroatoms. The minimum absolute atomic E-state index is 0.0338. The first-order chi connectivity index (χ1) is 13.8. The molecule has 0 aromatic carbocycles. The van der Waals surface area contributed by atoms with Gasteiger partial charge < -0.3 is 10.3 Å². The van der Waals surface area contributed by atoms with E-state index >= 15 is 0 Å². The van der Waals surface area contributed by atoms with Crippen molar-refractivity contribution in [2.75, 3.05) is 11.6 Å². The number of fused-ring (bicyclic) bond motifs is 1. The van der Waals surface area contributed by atoms with Gasteiger partial charge in [0.25, 0.3) is 0 Å². The largest absolute Gasteiger partial charge is 0.363 e. The SMILES string of the molecule is CS(=O)(=O)NC1CCCC[C@@H]1Nc1nc(-c2c[nH]c3ncc(Cl)cc23)ncc1F. The highest BCUT2D eigenvalue weighted by atomic mass is 35.5. The van der Waals surface area contributed by atoms with E-state index in [-0.39, 0.29) is 17.9 Å². The van der Waals surface area contributed by atoms with Crippen LogP contribution in [0.15, 0.2) is 24.7 Å². The molecule has 8 nitrogen and oxygen atoms in total. The number of anilines is 1. The average Bonchev–Trinajstić information content (AvgIpc) is 3.07. The van der Waals surface area contributed by atoms with Crippen LogP contribution in [0.2, 0.25) is 5.02 Å². The molecule has 0 aliphatic heterocycles. The maximum atomic E-state index is 14.4. The lowest BCUT2D eigenvalue weighted by atomic mass is 9.91. The van der Waals surface area contributed by atoms with Crippen molar-refractivity contribution in [3.8, 4) is 11.4 Å². The van der Waals surface area contributed by atoms with Crippen LogP contribution in [-0.2, 0) is 10.0 Å². The van der Waals surface area contributed by atoms with Gasteiger partial charge in [-0.05, 0) is 18.9 Å². The number of pyridine rings is 1. The smallest absolute Gasteiger partial charge is 0.209 e. The highest BCUT2D eigenvalue weighted by Gasteiger charge is 2.28. The Hall–Kier alpha value is -2.30. The molecule has 0 bridgehead atoms. The van der Waals surface area contributed by atoms with Crippen LogP contribution in [0, 0.1) is 5.82 Å². The first-order valence-electron chi connectivity index (χ1n) is 9.19. The molecular weight excluding hydrogens is 419 g/mol. The van der Waals surface area contributed by atoms with Crippen molar-refractivity contribution in [1.82, 2.24) is 24.7 Å². The number of sulfonamides is 1. The molecule has 1 saturated carbocycles. The number of hydrogen-bond acceptors (Lipinski definition) is 6. The second kappa shape index (κ2) is 7.85. The van der Waals surface area contributed by atoms with Crippen LogP contribution >= 0.6 is 11.6 Å². The van der Waals surface area contributed by atoms with E-state index < -0.39 is 15.8 Å². The summed E-state index contributed by atoms with van der Waals surface area (Å²) >= 11 is 6.04. The minimum Gasteiger partial charge on any atom is -0.363 e. The van der Waals surface area contributed by atoms with Crippen molar-refractivity contribution >= 4 is 38.5 Å². The molecule has 3 aromatic heterocycles. The molecule has 29 heavy (non-hydrogen) atoms. The monoisotopic (exact) mass is 438 g/mol. The molecule has 1 aliphatic rings. The van der Waals surface area contributed by atoms with Gasteiger partial charge in [0.05, 0.1) is 17.5 Å². The summed E-state index contributed by atoms with van der Waals surface area (Å²) in [6, 6.07) is 1.14. The predicted molar refractivity (Wildman–Crippen MR) is 110 cm³/mol. The predicted octanol–water partition coefficient (Wildman–Crippen LogP) is 3.08. The van der Waals surface area contributed by atoms with Crippen molar-refractivity contribution in [1.29, 1.82) is 0 Å². The van der Waals surface area contributed by atoms with Crippen molar-refractivity contribution < 1.29 is 12.8 Å². The molecule has 1 fully saturated rings. The zero-order valence-corrected chi connectivity index (χ0v) is 17.2. The number of aromatic amines is 1. The molecular formula is C18H20ClFN6O2S. The minimum atomic E-state index is -3.37. The summed E-state index contributed by atoms with van der Waals surface area (Å²) in [7, 11) is -3.37. The van der Waals surface area contributed by atoms with E-state index in [0.29, 0.717) is 34.9 Å². The number of nitrogens with zero attached hydrogens (tertiary/aromatic N) is 3. The number of rotatable bonds is 5. The summed E-state index contributed by atoms with van der Waals surface area (Å²) in [5.74, 6) is -0.257. The van der Waals surface area contributed by atoms with E-state index in [1.165, 1.54) is 6.20 Å². The van der Waals surface area contributed by atoms with E-state index in [4.69, 9.17) is 11.6 Å².